The number of rotatable bonds is 4. The maximum absolute atomic E-state index is 11.2. The molecule has 2 rings (SSSR count). The first-order chi connectivity index (χ1) is 8.65. The summed E-state index contributed by atoms with van der Waals surface area (Å²) in [7, 11) is 0. The minimum atomic E-state index is -1.25. The minimum Gasteiger partial charge on any atom is -0.486 e. The van der Waals surface area contributed by atoms with Crippen molar-refractivity contribution in [2.24, 2.45) is 0 Å². The van der Waals surface area contributed by atoms with Gasteiger partial charge >= 0.3 is 5.97 Å². The maximum atomic E-state index is 11.2. The average Bonchev–Trinajstić information content (AvgIpc) is 2.37. The number of H-pyrrole nitrogens is 1. The van der Waals surface area contributed by atoms with Gasteiger partial charge in [-0.3, -0.25) is 4.79 Å². The number of nitrogens with one attached hydrogen (secondary N) is 1. The van der Waals surface area contributed by atoms with Crippen molar-refractivity contribution in [1.29, 1.82) is 0 Å². The first kappa shape index (κ1) is 11.8. The molecule has 0 saturated carbocycles. The van der Waals surface area contributed by atoms with Crippen molar-refractivity contribution >= 4 is 5.97 Å². The molecular weight excluding hydrogens is 236 g/mol. The minimum absolute atomic E-state index is 0.000370. The molecule has 0 unspecified atom stereocenters. The summed E-state index contributed by atoms with van der Waals surface area (Å²) in [6.07, 6.45) is 0. The van der Waals surface area contributed by atoms with E-state index in [2.05, 4.69) is 9.97 Å². The lowest BCUT2D eigenvalue weighted by atomic mass is 10.3. The van der Waals surface area contributed by atoms with Gasteiger partial charge in [0, 0.05) is 6.07 Å². The molecule has 0 atom stereocenters. The molecule has 1 aromatic carbocycles. The molecule has 0 aliphatic heterocycles. The smallest absolute Gasteiger partial charge is 0.354 e. The fraction of sp³-hybridized carbons (Fsp3) is 0.0833. The zero-order valence-corrected chi connectivity index (χ0v) is 9.29. The van der Waals surface area contributed by atoms with Crippen LogP contribution in [0.5, 0.6) is 5.75 Å². The highest BCUT2D eigenvalue weighted by atomic mass is 16.5. The Bertz CT molecular complexity index is 607. The quantitative estimate of drug-likeness (QED) is 0.841. The number of aromatic amines is 1. The van der Waals surface area contributed by atoms with Crippen LogP contribution >= 0.6 is 0 Å². The molecular formula is C12H10N2O4. The SMILES string of the molecule is O=C(O)c1cc(=O)[nH]c(COc2ccccc2)n1. The predicted molar refractivity (Wildman–Crippen MR) is 62.6 cm³/mol. The zero-order valence-electron chi connectivity index (χ0n) is 9.29. The van der Waals surface area contributed by atoms with Crippen molar-refractivity contribution < 1.29 is 14.6 Å². The molecule has 0 aliphatic carbocycles. The van der Waals surface area contributed by atoms with Gasteiger partial charge in [0.05, 0.1) is 0 Å². The molecule has 92 valence electrons. The van der Waals surface area contributed by atoms with Gasteiger partial charge < -0.3 is 14.8 Å². The van der Waals surface area contributed by atoms with E-state index in [1.165, 1.54) is 0 Å². The van der Waals surface area contributed by atoms with Crippen LogP contribution in [0.25, 0.3) is 0 Å². The number of para-hydroxylation sites is 1. The molecule has 6 heteroatoms. The van der Waals surface area contributed by atoms with Gasteiger partial charge in [0.15, 0.2) is 5.69 Å². The van der Waals surface area contributed by atoms with Crippen LogP contribution in [0.3, 0.4) is 0 Å². The van der Waals surface area contributed by atoms with E-state index in [9.17, 15) is 9.59 Å². The van der Waals surface area contributed by atoms with E-state index < -0.39 is 11.5 Å². The lowest BCUT2D eigenvalue weighted by Crippen LogP contribution is -2.16. The molecule has 1 aromatic heterocycles. The number of carbonyl (C=O) groups is 1. The van der Waals surface area contributed by atoms with Crippen LogP contribution in [0, 0.1) is 0 Å². The van der Waals surface area contributed by atoms with Gasteiger partial charge in [0.1, 0.15) is 18.2 Å². The van der Waals surface area contributed by atoms with Crippen molar-refractivity contribution in [2.75, 3.05) is 0 Å². The Morgan fingerprint density at radius 3 is 2.72 bits per heavy atom. The summed E-state index contributed by atoms with van der Waals surface area (Å²) in [4.78, 5) is 28.1. The van der Waals surface area contributed by atoms with E-state index in [-0.39, 0.29) is 18.1 Å². The van der Waals surface area contributed by atoms with Crippen LogP contribution in [0.15, 0.2) is 41.2 Å². The van der Waals surface area contributed by atoms with Crippen LogP contribution in [-0.2, 0) is 6.61 Å². The topological polar surface area (TPSA) is 92.3 Å². The third-order valence-corrected chi connectivity index (χ3v) is 2.13. The van der Waals surface area contributed by atoms with Crippen molar-refractivity contribution in [3.63, 3.8) is 0 Å². The number of hydrogen-bond acceptors (Lipinski definition) is 4. The molecule has 2 N–H and O–H groups in total. The third-order valence-electron chi connectivity index (χ3n) is 2.13. The van der Waals surface area contributed by atoms with Crippen molar-refractivity contribution in [3.05, 3.63) is 58.3 Å². The lowest BCUT2D eigenvalue weighted by Gasteiger charge is -2.05. The van der Waals surface area contributed by atoms with Gasteiger partial charge in [-0.1, -0.05) is 18.2 Å². The second kappa shape index (κ2) is 5.13. The van der Waals surface area contributed by atoms with Gasteiger partial charge in [-0.15, -0.1) is 0 Å². The van der Waals surface area contributed by atoms with Gasteiger partial charge in [0.2, 0.25) is 0 Å². The van der Waals surface area contributed by atoms with Crippen molar-refractivity contribution in [3.8, 4) is 5.75 Å². The molecule has 0 aliphatic rings. The van der Waals surface area contributed by atoms with E-state index >= 15 is 0 Å². The number of carboxylic acids is 1. The largest absolute Gasteiger partial charge is 0.486 e. The number of carboxylic acid groups (broad SMARTS) is 1. The van der Waals surface area contributed by atoms with Gasteiger partial charge in [0.25, 0.3) is 5.56 Å². The molecule has 1 heterocycles. The van der Waals surface area contributed by atoms with Crippen LogP contribution in [-0.4, -0.2) is 21.0 Å². The number of aromatic nitrogens is 2. The maximum Gasteiger partial charge on any atom is 0.354 e. The molecule has 0 bridgehead atoms. The van der Waals surface area contributed by atoms with Crippen molar-refractivity contribution in [2.45, 2.75) is 6.61 Å². The first-order valence-electron chi connectivity index (χ1n) is 5.16. The third kappa shape index (κ3) is 2.94. The Balaban J connectivity index is 2.15. The van der Waals surface area contributed by atoms with Crippen molar-refractivity contribution in [1.82, 2.24) is 9.97 Å². The first-order valence-corrected chi connectivity index (χ1v) is 5.16. The molecule has 2 aromatic rings. The molecule has 18 heavy (non-hydrogen) atoms. The second-order valence-corrected chi connectivity index (χ2v) is 3.48. The average molecular weight is 246 g/mol. The summed E-state index contributed by atoms with van der Waals surface area (Å²) < 4.78 is 5.36. The van der Waals surface area contributed by atoms with E-state index in [0.717, 1.165) is 6.07 Å². The van der Waals surface area contributed by atoms with Crippen LogP contribution < -0.4 is 10.3 Å². The van der Waals surface area contributed by atoms with Crippen LogP contribution in [0.1, 0.15) is 16.3 Å². The molecule has 0 amide bonds. The Morgan fingerprint density at radius 1 is 1.33 bits per heavy atom. The molecule has 0 saturated heterocycles. The van der Waals surface area contributed by atoms with E-state index in [4.69, 9.17) is 9.84 Å². The fourth-order valence-corrected chi connectivity index (χ4v) is 1.35. The van der Waals surface area contributed by atoms with Gasteiger partial charge in [-0.05, 0) is 12.1 Å². The second-order valence-electron chi connectivity index (χ2n) is 3.48. The Labute approximate surface area is 102 Å². The number of aromatic carboxylic acids is 1. The van der Waals surface area contributed by atoms with Gasteiger partial charge in [-0.2, -0.15) is 0 Å². The van der Waals surface area contributed by atoms with Gasteiger partial charge in [-0.25, -0.2) is 9.78 Å². The Kier molecular flexibility index (Phi) is 3.38. The highest BCUT2D eigenvalue weighted by molar-refractivity contribution is 5.85. The van der Waals surface area contributed by atoms with Crippen LogP contribution in [0.2, 0.25) is 0 Å². The summed E-state index contributed by atoms with van der Waals surface area (Å²) in [5.74, 6) is -0.466. The number of ether oxygens (including phenoxy) is 1. The standard InChI is InChI=1S/C12H10N2O4/c15-11-6-9(12(16)17)13-10(14-11)7-18-8-4-2-1-3-5-8/h1-6H,7H2,(H,16,17)(H,13,14,15). The summed E-state index contributed by atoms with van der Waals surface area (Å²) in [6, 6.07) is 9.88. The predicted octanol–water partition coefficient (Wildman–Crippen LogP) is 1.05. The molecule has 0 fully saturated rings. The van der Waals surface area contributed by atoms with E-state index in [1.54, 1.807) is 24.3 Å². The van der Waals surface area contributed by atoms with E-state index in [1.807, 2.05) is 6.07 Å². The Hall–Kier alpha value is -2.63. The molecule has 0 radical (unpaired) electrons. The number of nitrogens with zero attached hydrogens (tertiary/aromatic N) is 1. The normalized spacial score (nSPS) is 10.0. The van der Waals surface area contributed by atoms with E-state index in [0.29, 0.717) is 5.75 Å². The highest BCUT2D eigenvalue weighted by Gasteiger charge is 2.08. The number of benzene rings is 1. The molecule has 0 spiro atoms. The lowest BCUT2D eigenvalue weighted by molar-refractivity contribution is 0.0689. The summed E-state index contributed by atoms with van der Waals surface area (Å²) in [6.45, 7) is 0.000370. The zero-order chi connectivity index (χ0) is 13.0. The number of hydrogen-bond donors (Lipinski definition) is 2. The monoisotopic (exact) mass is 246 g/mol. The summed E-state index contributed by atoms with van der Waals surface area (Å²) >= 11 is 0. The molecule has 6 nitrogen and oxygen atoms in total. The van der Waals surface area contributed by atoms with Crippen LogP contribution in [0.4, 0.5) is 0 Å². The summed E-state index contributed by atoms with van der Waals surface area (Å²) in [5.41, 5.74) is -0.820. The fourth-order valence-electron chi connectivity index (χ4n) is 1.35. The summed E-state index contributed by atoms with van der Waals surface area (Å²) in [5, 5.41) is 8.76. The highest BCUT2D eigenvalue weighted by Crippen LogP contribution is 2.09. The Morgan fingerprint density at radius 2 is 2.06 bits per heavy atom.